The maximum atomic E-state index is 10.7. The summed E-state index contributed by atoms with van der Waals surface area (Å²) in [5.74, 6) is 1.65. The van der Waals surface area contributed by atoms with Crippen LogP contribution in [0.4, 0.5) is 0 Å². The SMILES string of the molecule is CCCc1cc(C#N)ccc1OCCCOc1ccc2c(ccn2CC=O)c1. The molecule has 0 atom stereocenters. The topological polar surface area (TPSA) is 64.2 Å². The van der Waals surface area contributed by atoms with Gasteiger partial charge >= 0.3 is 0 Å². The molecule has 0 N–H and O–H groups in total. The number of carbonyl (C=O) groups excluding carboxylic acids is 1. The van der Waals surface area contributed by atoms with Gasteiger partial charge in [0.05, 0.1) is 31.4 Å². The van der Waals surface area contributed by atoms with Gasteiger partial charge in [0.15, 0.2) is 0 Å². The second-order valence-corrected chi connectivity index (χ2v) is 6.59. The number of aryl methyl sites for hydroxylation is 1. The number of hydrogen-bond donors (Lipinski definition) is 0. The molecule has 28 heavy (non-hydrogen) atoms. The van der Waals surface area contributed by atoms with Gasteiger partial charge in [-0.15, -0.1) is 0 Å². The molecule has 0 aliphatic rings. The van der Waals surface area contributed by atoms with E-state index < -0.39 is 0 Å². The van der Waals surface area contributed by atoms with E-state index in [2.05, 4.69) is 13.0 Å². The van der Waals surface area contributed by atoms with Gasteiger partial charge in [0.2, 0.25) is 0 Å². The lowest BCUT2D eigenvalue weighted by Crippen LogP contribution is -2.06. The maximum Gasteiger partial charge on any atom is 0.139 e. The fourth-order valence-electron chi connectivity index (χ4n) is 3.19. The standard InChI is InChI=1S/C23H24N2O3/c1-2-4-20-15-18(17-24)5-8-23(20)28-14-3-13-27-21-6-7-22-19(16-21)9-10-25(22)11-12-26/h5-10,12,15-16H,2-4,11,13-14H2,1H3. The van der Waals surface area contributed by atoms with Crippen LogP contribution in [0.1, 0.15) is 30.9 Å². The number of hydrogen-bond acceptors (Lipinski definition) is 4. The van der Waals surface area contributed by atoms with E-state index in [1.54, 1.807) is 6.07 Å². The van der Waals surface area contributed by atoms with Crippen LogP contribution in [0.5, 0.6) is 11.5 Å². The zero-order chi connectivity index (χ0) is 19.8. The van der Waals surface area contributed by atoms with E-state index in [1.807, 2.05) is 47.2 Å². The number of nitriles is 1. The molecule has 0 saturated heterocycles. The number of rotatable bonds is 10. The zero-order valence-corrected chi connectivity index (χ0v) is 16.1. The number of fused-ring (bicyclic) bond motifs is 1. The van der Waals surface area contributed by atoms with Crippen LogP contribution in [-0.2, 0) is 17.8 Å². The van der Waals surface area contributed by atoms with E-state index in [0.717, 1.165) is 53.5 Å². The average Bonchev–Trinajstić information content (AvgIpc) is 3.11. The minimum atomic E-state index is 0.358. The van der Waals surface area contributed by atoms with Crippen molar-refractivity contribution in [1.82, 2.24) is 4.57 Å². The first-order valence-electron chi connectivity index (χ1n) is 9.56. The molecule has 0 amide bonds. The van der Waals surface area contributed by atoms with Crippen molar-refractivity contribution in [2.45, 2.75) is 32.7 Å². The summed E-state index contributed by atoms with van der Waals surface area (Å²) >= 11 is 0. The number of nitrogens with zero attached hydrogens (tertiary/aromatic N) is 2. The summed E-state index contributed by atoms with van der Waals surface area (Å²) in [5, 5.41) is 10.1. The summed E-state index contributed by atoms with van der Waals surface area (Å²) in [6.45, 7) is 3.58. The van der Waals surface area contributed by atoms with E-state index in [4.69, 9.17) is 14.7 Å². The summed E-state index contributed by atoms with van der Waals surface area (Å²) in [6, 6.07) is 15.6. The molecule has 0 radical (unpaired) electrons. The van der Waals surface area contributed by atoms with Crippen molar-refractivity contribution < 1.29 is 14.3 Å². The van der Waals surface area contributed by atoms with Crippen molar-refractivity contribution in [3.63, 3.8) is 0 Å². The molecule has 0 fully saturated rings. The Morgan fingerprint density at radius 2 is 1.96 bits per heavy atom. The Balaban J connectivity index is 1.50. The van der Waals surface area contributed by atoms with Crippen LogP contribution in [0, 0.1) is 11.3 Å². The van der Waals surface area contributed by atoms with Crippen molar-refractivity contribution in [2.75, 3.05) is 13.2 Å². The minimum absolute atomic E-state index is 0.358. The number of aldehydes is 1. The number of carbonyl (C=O) groups is 1. The van der Waals surface area contributed by atoms with E-state index in [1.165, 1.54) is 0 Å². The van der Waals surface area contributed by atoms with E-state index >= 15 is 0 Å². The Kier molecular flexibility index (Phi) is 6.69. The summed E-state index contributed by atoms with van der Waals surface area (Å²) in [7, 11) is 0. The van der Waals surface area contributed by atoms with Crippen molar-refractivity contribution in [3.8, 4) is 17.6 Å². The highest BCUT2D eigenvalue weighted by molar-refractivity contribution is 5.82. The molecule has 0 aliphatic heterocycles. The van der Waals surface area contributed by atoms with Gasteiger partial charge in [-0.2, -0.15) is 5.26 Å². The fourth-order valence-corrected chi connectivity index (χ4v) is 3.19. The van der Waals surface area contributed by atoms with E-state index in [-0.39, 0.29) is 0 Å². The van der Waals surface area contributed by atoms with Gasteiger partial charge in [-0.3, -0.25) is 0 Å². The van der Waals surface area contributed by atoms with Gasteiger partial charge < -0.3 is 18.8 Å². The van der Waals surface area contributed by atoms with Crippen LogP contribution in [-0.4, -0.2) is 24.1 Å². The highest BCUT2D eigenvalue weighted by Crippen LogP contribution is 2.23. The van der Waals surface area contributed by atoms with E-state index in [9.17, 15) is 4.79 Å². The first kappa shape index (κ1) is 19.5. The first-order chi connectivity index (χ1) is 13.7. The zero-order valence-electron chi connectivity index (χ0n) is 16.1. The lowest BCUT2D eigenvalue weighted by Gasteiger charge is -2.12. The summed E-state index contributed by atoms with van der Waals surface area (Å²) in [4.78, 5) is 10.7. The normalized spacial score (nSPS) is 10.6. The Labute approximate surface area is 165 Å². The lowest BCUT2D eigenvalue weighted by molar-refractivity contribution is -0.108. The Morgan fingerprint density at radius 3 is 2.75 bits per heavy atom. The van der Waals surface area contributed by atoms with Gasteiger partial charge in [0, 0.05) is 23.5 Å². The molecule has 0 unspecified atom stereocenters. The third-order valence-electron chi connectivity index (χ3n) is 4.54. The minimum Gasteiger partial charge on any atom is -0.493 e. The molecule has 5 nitrogen and oxygen atoms in total. The Bertz CT molecular complexity index is 985. The van der Waals surface area contributed by atoms with E-state index in [0.29, 0.717) is 25.3 Å². The predicted molar refractivity (Wildman–Crippen MR) is 109 cm³/mol. The Morgan fingerprint density at radius 1 is 1.11 bits per heavy atom. The summed E-state index contributed by atoms with van der Waals surface area (Å²) in [6.07, 6.45) is 5.46. The molecule has 3 aromatic rings. The maximum absolute atomic E-state index is 10.7. The predicted octanol–water partition coefficient (Wildman–Crippen LogP) is 4.51. The average molecular weight is 376 g/mol. The molecule has 1 heterocycles. The van der Waals surface area contributed by atoms with Gasteiger partial charge in [-0.1, -0.05) is 13.3 Å². The summed E-state index contributed by atoms with van der Waals surface area (Å²) < 4.78 is 13.6. The van der Waals surface area contributed by atoms with Gasteiger partial charge in [0.1, 0.15) is 17.8 Å². The van der Waals surface area contributed by atoms with Crippen LogP contribution in [0.25, 0.3) is 10.9 Å². The lowest BCUT2D eigenvalue weighted by atomic mass is 10.1. The summed E-state index contributed by atoms with van der Waals surface area (Å²) in [5.41, 5.74) is 2.76. The molecule has 5 heteroatoms. The second-order valence-electron chi connectivity index (χ2n) is 6.59. The van der Waals surface area contributed by atoms with Crippen molar-refractivity contribution in [2.24, 2.45) is 0 Å². The third kappa shape index (κ3) is 4.72. The smallest absolute Gasteiger partial charge is 0.139 e. The highest BCUT2D eigenvalue weighted by atomic mass is 16.5. The fraction of sp³-hybridized carbons (Fsp3) is 0.304. The molecule has 144 valence electrons. The molecule has 0 aliphatic carbocycles. The molecular formula is C23H24N2O3. The largest absolute Gasteiger partial charge is 0.493 e. The third-order valence-corrected chi connectivity index (χ3v) is 4.54. The van der Waals surface area contributed by atoms with Gasteiger partial charge in [-0.25, -0.2) is 0 Å². The van der Waals surface area contributed by atoms with Crippen LogP contribution in [0.2, 0.25) is 0 Å². The van der Waals surface area contributed by atoms with Crippen LogP contribution in [0.15, 0.2) is 48.7 Å². The first-order valence-corrected chi connectivity index (χ1v) is 9.56. The second kappa shape index (κ2) is 9.61. The number of benzene rings is 2. The monoisotopic (exact) mass is 376 g/mol. The van der Waals surface area contributed by atoms with Crippen LogP contribution >= 0.6 is 0 Å². The van der Waals surface area contributed by atoms with Crippen molar-refractivity contribution >= 4 is 17.2 Å². The molecule has 3 rings (SSSR count). The van der Waals surface area contributed by atoms with Crippen LogP contribution < -0.4 is 9.47 Å². The molecule has 2 aromatic carbocycles. The highest BCUT2D eigenvalue weighted by Gasteiger charge is 2.06. The van der Waals surface area contributed by atoms with Crippen molar-refractivity contribution in [1.29, 1.82) is 5.26 Å². The molecular weight excluding hydrogens is 352 g/mol. The number of ether oxygens (including phenoxy) is 2. The number of aromatic nitrogens is 1. The molecule has 0 bridgehead atoms. The molecule has 0 saturated carbocycles. The Hall–Kier alpha value is -3.26. The molecule has 0 spiro atoms. The van der Waals surface area contributed by atoms with Crippen LogP contribution in [0.3, 0.4) is 0 Å². The van der Waals surface area contributed by atoms with Gasteiger partial charge in [0.25, 0.3) is 0 Å². The molecule has 1 aromatic heterocycles. The van der Waals surface area contributed by atoms with Crippen molar-refractivity contribution in [3.05, 3.63) is 59.8 Å². The van der Waals surface area contributed by atoms with Gasteiger partial charge in [-0.05, 0) is 54.4 Å². The quantitative estimate of drug-likeness (QED) is 0.386.